The maximum Gasteiger partial charge on any atom is 0.319 e. The number of aliphatic hydroxyl groups is 1. The van der Waals surface area contributed by atoms with Crippen LogP contribution in [0.5, 0.6) is 0 Å². The molecule has 2 atom stereocenters. The summed E-state index contributed by atoms with van der Waals surface area (Å²) in [5.74, 6) is 0.100. The maximum atomic E-state index is 11.8. The molecule has 1 aromatic rings. The van der Waals surface area contributed by atoms with Crippen LogP contribution in [0.4, 0.5) is 10.5 Å². The molecule has 0 radical (unpaired) electrons. The highest BCUT2D eigenvalue weighted by molar-refractivity contribution is 5.89. The number of carbonyl (C=O) groups excluding carboxylic acids is 1. The molecule has 1 rings (SSSR count). The molecule has 0 heterocycles. The predicted molar refractivity (Wildman–Crippen MR) is 82.9 cm³/mol. The minimum absolute atomic E-state index is 0.100. The molecule has 0 spiro atoms. The van der Waals surface area contributed by atoms with Crippen molar-refractivity contribution >= 4 is 11.7 Å². The Morgan fingerprint density at radius 1 is 1.43 bits per heavy atom. The van der Waals surface area contributed by atoms with Crippen LogP contribution in [-0.4, -0.2) is 23.3 Å². The highest BCUT2D eigenvalue weighted by Crippen LogP contribution is 2.18. The molecule has 5 nitrogen and oxygen atoms in total. The molecule has 21 heavy (non-hydrogen) atoms. The first-order valence-corrected chi connectivity index (χ1v) is 7.12. The third kappa shape index (κ3) is 5.44. The van der Waals surface area contributed by atoms with E-state index in [1.54, 1.807) is 31.2 Å². The van der Waals surface area contributed by atoms with Crippen molar-refractivity contribution in [2.75, 3.05) is 11.9 Å². The molecule has 114 valence electrons. The van der Waals surface area contributed by atoms with Crippen LogP contribution in [0.15, 0.2) is 24.3 Å². The zero-order chi connectivity index (χ0) is 15.9. The minimum atomic E-state index is -0.928. The molecular formula is C16H23N3O2. The molecule has 5 heteroatoms. The van der Waals surface area contributed by atoms with E-state index in [1.807, 2.05) is 13.8 Å². The van der Waals surface area contributed by atoms with E-state index >= 15 is 0 Å². The number of nitrogens with zero attached hydrogens (tertiary/aromatic N) is 1. The summed E-state index contributed by atoms with van der Waals surface area (Å²) in [5, 5.41) is 24.2. The Bertz CT molecular complexity index is 503. The lowest BCUT2D eigenvalue weighted by Gasteiger charge is -2.29. The molecule has 0 saturated heterocycles. The van der Waals surface area contributed by atoms with Gasteiger partial charge in [-0.25, -0.2) is 4.79 Å². The van der Waals surface area contributed by atoms with Gasteiger partial charge in [0.1, 0.15) is 0 Å². The van der Waals surface area contributed by atoms with Crippen molar-refractivity contribution in [3.05, 3.63) is 29.8 Å². The maximum absolute atomic E-state index is 11.8. The van der Waals surface area contributed by atoms with E-state index in [4.69, 9.17) is 5.26 Å². The van der Waals surface area contributed by atoms with Crippen LogP contribution in [0.25, 0.3) is 0 Å². The van der Waals surface area contributed by atoms with Crippen LogP contribution in [-0.2, 0) is 6.42 Å². The first-order chi connectivity index (χ1) is 9.89. The number of anilines is 1. The quantitative estimate of drug-likeness (QED) is 0.752. The zero-order valence-electron chi connectivity index (χ0n) is 12.8. The summed E-state index contributed by atoms with van der Waals surface area (Å²) in [6, 6.07) is 8.81. The highest BCUT2D eigenvalue weighted by atomic mass is 16.3. The van der Waals surface area contributed by atoms with Crippen LogP contribution < -0.4 is 10.6 Å². The van der Waals surface area contributed by atoms with Crippen molar-refractivity contribution in [3.63, 3.8) is 0 Å². The lowest BCUT2D eigenvalue weighted by Crippen LogP contribution is -2.46. The van der Waals surface area contributed by atoms with E-state index in [0.29, 0.717) is 12.1 Å². The van der Waals surface area contributed by atoms with E-state index in [2.05, 4.69) is 16.7 Å². The van der Waals surface area contributed by atoms with Crippen LogP contribution in [0.3, 0.4) is 0 Å². The van der Waals surface area contributed by atoms with Gasteiger partial charge in [0.2, 0.25) is 0 Å². The Balaban J connectivity index is 2.49. The summed E-state index contributed by atoms with van der Waals surface area (Å²) in [4.78, 5) is 11.8. The molecule has 0 aliphatic rings. The first-order valence-electron chi connectivity index (χ1n) is 7.12. The Labute approximate surface area is 126 Å². The van der Waals surface area contributed by atoms with Crippen LogP contribution in [0.1, 0.15) is 32.8 Å². The van der Waals surface area contributed by atoms with E-state index in [1.165, 1.54) is 0 Å². The minimum Gasteiger partial charge on any atom is -0.388 e. The van der Waals surface area contributed by atoms with E-state index in [-0.39, 0.29) is 18.5 Å². The molecule has 0 aliphatic carbocycles. The number of benzene rings is 1. The summed E-state index contributed by atoms with van der Waals surface area (Å²) in [6.45, 7) is 5.87. The van der Waals surface area contributed by atoms with E-state index in [0.717, 1.165) is 12.0 Å². The number of urea groups is 1. The number of nitrogens with one attached hydrogen (secondary N) is 2. The number of hydrogen-bond donors (Lipinski definition) is 3. The molecule has 0 fully saturated rings. The summed E-state index contributed by atoms with van der Waals surface area (Å²) >= 11 is 0. The lowest BCUT2D eigenvalue weighted by atomic mass is 9.89. The summed E-state index contributed by atoms with van der Waals surface area (Å²) < 4.78 is 0. The molecule has 0 bridgehead atoms. The van der Waals surface area contributed by atoms with Gasteiger partial charge >= 0.3 is 6.03 Å². The van der Waals surface area contributed by atoms with Crippen LogP contribution in [0, 0.1) is 17.2 Å². The topological polar surface area (TPSA) is 85.2 Å². The molecular weight excluding hydrogens is 266 g/mol. The fourth-order valence-corrected chi connectivity index (χ4v) is 1.85. The molecule has 3 N–H and O–H groups in total. The van der Waals surface area contributed by atoms with Gasteiger partial charge in [0.25, 0.3) is 0 Å². The van der Waals surface area contributed by atoms with Gasteiger partial charge in [-0.15, -0.1) is 0 Å². The van der Waals surface area contributed by atoms with E-state index in [9.17, 15) is 9.90 Å². The van der Waals surface area contributed by atoms with Gasteiger partial charge in [-0.2, -0.15) is 5.26 Å². The standard InChI is InChI=1S/C16H23N3O2/c1-4-12(2)16(3,21)11-18-15(20)19-14-7-5-13(6-8-14)9-10-17/h5-8,12,21H,4,9,11H2,1-3H3,(H2,18,19,20). The van der Waals surface area contributed by atoms with Gasteiger partial charge in [-0.1, -0.05) is 32.4 Å². The van der Waals surface area contributed by atoms with Crippen LogP contribution in [0.2, 0.25) is 0 Å². The van der Waals surface area contributed by atoms with Gasteiger partial charge in [0, 0.05) is 12.2 Å². The Kier molecular flexibility index (Phi) is 6.19. The number of rotatable bonds is 6. The van der Waals surface area contributed by atoms with Crippen molar-refractivity contribution < 1.29 is 9.90 Å². The van der Waals surface area contributed by atoms with Gasteiger partial charge < -0.3 is 15.7 Å². The second-order valence-corrected chi connectivity index (χ2v) is 5.51. The summed E-state index contributed by atoms with van der Waals surface area (Å²) in [7, 11) is 0. The second kappa shape index (κ2) is 7.65. The Morgan fingerprint density at radius 3 is 2.57 bits per heavy atom. The fourth-order valence-electron chi connectivity index (χ4n) is 1.85. The largest absolute Gasteiger partial charge is 0.388 e. The normalized spacial score (nSPS) is 14.6. The van der Waals surface area contributed by atoms with Gasteiger partial charge in [0.05, 0.1) is 18.1 Å². The number of nitriles is 1. The smallest absolute Gasteiger partial charge is 0.319 e. The van der Waals surface area contributed by atoms with Crippen molar-refractivity contribution in [2.24, 2.45) is 5.92 Å². The zero-order valence-corrected chi connectivity index (χ0v) is 12.8. The molecule has 0 aliphatic heterocycles. The van der Waals surface area contributed by atoms with Crippen molar-refractivity contribution in [1.29, 1.82) is 5.26 Å². The lowest BCUT2D eigenvalue weighted by molar-refractivity contribution is 0.00827. The Hall–Kier alpha value is -2.06. The summed E-state index contributed by atoms with van der Waals surface area (Å²) in [5.41, 5.74) is 0.628. The predicted octanol–water partition coefficient (Wildman–Crippen LogP) is 2.67. The number of amides is 2. The number of carbonyl (C=O) groups is 1. The molecule has 2 amide bonds. The molecule has 2 unspecified atom stereocenters. The average molecular weight is 289 g/mol. The third-order valence-electron chi connectivity index (χ3n) is 3.78. The first kappa shape index (κ1) is 17.0. The van der Waals surface area contributed by atoms with Gasteiger partial charge in [0.15, 0.2) is 0 Å². The highest BCUT2D eigenvalue weighted by Gasteiger charge is 2.27. The SMILES string of the molecule is CCC(C)C(C)(O)CNC(=O)Nc1ccc(CC#N)cc1. The van der Waals surface area contributed by atoms with Crippen molar-refractivity contribution in [3.8, 4) is 6.07 Å². The summed E-state index contributed by atoms with van der Waals surface area (Å²) in [6.07, 6.45) is 1.20. The van der Waals surface area contributed by atoms with Gasteiger partial charge in [-0.3, -0.25) is 0 Å². The monoisotopic (exact) mass is 289 g/mol. The average Bonchev–Trinajstić information content (AvgIpc) is 2.46. The van der Waals surface area contributed by atoms with Crippen molar-refractivity contribution in [1.82, 2.24) is 5.32 Å². The second-order valence-electron chi connectivity index (χ2n) is 5.51. The van der Waals surface area contributed by atoms with Gasteiger partial charge in [-0.05, 0) is 30.5 Å². The third-order valence-corrected chi connectivity index (χ3v) is 3.78. The van der Waals surface area contributed by atoms with Crippen LogP contribution >= 0.6 is 0 Å². The Morgan fingerprint density at radius 2 is 2.05 bits per heavy atom. The molecule has 0 aromatic heterocycles. The fraction of sp³-hybridized carbons (Fsp3) is 0.500. The van der Waals surface area contributed by atoms with E-state index < -0.39 is 5.60 Å². The molecule has 0 saturated carbocycles. The number of hydrogen-bond acceptors (Lipinski definition) is 3. The molecule has 1 aromatic carbocycles. The van der Waals surface area contributed by atoms with Crippen molar-refractivity contribution in [2.45, 2.75) is 39.2 Å².